The van der Waals surface area contributed by atoms with Gasteiger partial charge in [0.1, 0.15) is 11.9 Å². The van der Waals surface area contributed by atoms with Crippen molar-refractivity contribution in [1.29, 1.82) is 0 Å². The molecule has 0 saturated heterocycles. The van der Waals surface area contributed by atoms with E-state index in [1.165, 1.54) is 0 Å². The van der Waals surface area contributed by atoms with Crippen molar-refractivity contribution >= 4 is 11.7 Å². The van der Waals surface area contributed by atoms with Gasteiger partial charge in [-0.1, -0.05) is 0 Å². The first-order chi connectivity index (χ1) is 9.58. The first-order valence-electron chi connectivity index (χ1n) is 6.47. The van der Waals surface area contributed by atoms with Gasteiger partial charge >= 0.3 is 0 Å². The van der Waals surface area contributed by atoms with Crippen molar-refractivity contribution in [2.24, 2.45) is 0 Å². The maximum atomic E-state index is 12.0. The van der Waals surface area contributed by atoms with E-state index in [1.807, 2.05) is 38.1 Å². The van der Waals surface area contributed by atoms with Crippen LogP contribution < -0.4 is 10.2 Å². The van der Waals surface area contributed by atoms with Crippen molar-refractivity contribution in [1.82, 2.24) is 20.1 Å². The summed E-state index contributed by atoms with van der Waals surface area (Å²) in [4.78, 5) is 18.2. The predicted molar refractivity (Wildman–Crippen MR) is 77.3 cm³/mol. The summed E-state index contributed by atoms with van der Waals surface area (Å²) < 4.78 is 1.63. The van der Waals surface area contributed by atoms with Gasteiger partial charge in [0.2, 0.25) is 5.91 Å². The Kier molecular flexibility index (Phi) is 4.34. The molecule has 0 radical (unpaired) electrons. The molecule has 0 unspecified atom stereocenters. The number of pyridine rings is 1. The van der Waals surface area contributed by atoms with Crippen LogP contribution in [0.15, 0.2) is 36.8 Å². The number of nitrogens with zero attached hydrogens (tertiary/aromatic N) is 4. The summed E-state index contributed by atoms with van der Waals surface area (Å²) >= 11 is 0. The van der Waals surface area contributed by atoms with Crippen LogP contribution in [-0.4, -0.2) is 34.8 Å². The monoisotopic (exact) mass is 273 g/mol. The molecule has 6 heteroatoms. The molecule has 20 heavy (non-hydrogen) atoms. The molecular weight excluding hydrogens is 254 g/mol. The van der Waals surface area contributed by atoms with E-state index in [4.69, 9.17) is 0 Å². The topological polar surface area (TPSA) is 63.1 Å². The minimum atomic E-state index is -0.319. The van der Waals surface area contributed by atoms with E-state index < -0.39 is 0 Å². The van der Waals surface area contributed by atoms with Crippen molar-refractivity contribution in [2.75, 3.05) is 19.0 Å². The van der Waals surface area contributed by atoms with E-state index in [9.17, 15) is 4.79 Å². The number of nitrogens with one attached hydrogen (secondary N) is 1. The zero-order chi connectivity index (χ0) is 14.5. The van der Waals surface area contributed by atoms with E-state index in [1.54, 1.807) is 29.3 Å². The second-order valence-corrected chi connectivity index (χ2v) is 4.80. The number of carbonyl (C=O) groups is 1. The third kappa shape index (κ3) is 3.34. The molecule has 0 saturated carbocycles. The summed E-state index contributed by atoms with van der Waals surface area (Å²) in [5.74, 6) is 0.814. The second kappa shape index (κ2) is 6.18. The van der Waals surface area contributed by atoms with Crippen molar-refractivity contribution in [3.05, 3.63) is 42.4 Å². The third-order valence-corrected chi connectivity index (χ3v) is 3.04. The van der Waals surface area contributed by atoms with Gasteiger partial charge in [0, 0.05) is 39.2 Å². The molecule has 106 valence electrons. The molecule has 0 bridgehead atoms. The number of amides is 1. The fourth-order valence-corrected chi connectivity index (χ4v) is 1.78. The third-order valence-electron chi connectivity index (χ3n) is 3.04. The molecule has 2 rings (SSSR count). The van der Waals surface area contributed by atoms with Crippen molar-refractivity contribution in [2.45, 2.75) is 19.5 Å². The van der Waals surface area contributed by atoms with Crippen molar-refractivity contribution < 1.29 is 4.79 Å². The van der Waals surface area contributed by atoms with Gasteiger partial charge in [-0.05, 0) is 30.7 Å². The Morgan fingerprint density at radius 3 is 2.90 bits per heavy atom. The standard InChI is InChI=1S/C14H19N5O/c1-11(19-8-4-6-17-19)14(20)16-10-12-5-7-15-13(9-12)18(2)3/h4-9,11H,10H2,1-3H3,(H,16,20)/t11-/m1/s1. The molecule has 1 N–H and O–H groups in total. The Morgan fingerprint density at radius 1 is 1.45 bits per heavy atom. The maximum Gasteiger partial charge on any atom is 0.244 e. The summed E-state index contributed by atoms with van der Waals surface area (Å²) in [7, 11) is 3.87. The van der Waals surface area contributed by atoms with Crippen LogP contribution in [0, 0.1) is 0 Å². The molecule has 6 nitrogen and oxygen atoms in total. The van der Waals surface area contributed by atoms with Gasteiger partial charge in [-0.2, -0.15) is 5.10 Å². The number of hydrogen-bond acceptors (Lipinski definition) is 4. The smallest absolute Gasteiger partial charge is 0.244 e. The maximum absolute atomic E-state index is 12.0. The lowest BCUT2D eigenvalue weighted by atomic mass is 10.2. The lowest BCUT2D eigenvalue weighted by molar-refractivity contribution is -0.124. The van der Waals surface area contributed by atoms with Crippen molar-refractivity contribution in [3.63, 3.8) is 0 Å². The molecular formula is C14H19N5O. The summed E-state index contributed by atoms with van der Waals surface area (Å²) in [6, 6.07) is 5.33. The average Bonchev–Trinajstić information content (AvgIpc) is 2.98. The molecule has 2 heterocycles. The quantitative estimate of drug-likeness (QED) is 0.889. The van der Waals surface area contributed by atoms with Gasteiger partial charge in [-0.25, -0.2) is 4.98 Å². The number of rotatable bonds is 5. The van der Waals surface area contributed by atoms with Gasteiger partial charge < -0.3 is 10.2 Å². The molecule has 1 atom stereocenters. The lowest BCUT2D eigenvalue weighted by Crippen LogP contribution is -2.30. The largest absolute Gasteiger partial charge is 0.363 e. The molecule has 0 aromatic carbocycles. The SMILES string of the molecule is C[C@H](C(=O)NCc1ccnc(N(C)C)c1)n1cccn1. The number of carbonyl (C=O) groups excluding carboxylic acids is 1. The van der Waals surface area contributed by atoms with Crippen LogP contribution in [0.25, 0.3) is 0 Å². The van der Waals surface area contributed by atoms with E-state index in [0.29, 0.717) is 6.54 Å². The van der Waals surface area contributed by atoms with Crippen LogP contribution in [0.1, 0.15) is 18.5 Å². The molecule has 0 fully saturated rings. The summed E-state index contributed by atoms with van der Waals surface area (Å²) in [6.45, 7) is 2.30. The van der Waals surface area contributed by atoms with E-state index in [2.05, 4.69) is 15.4 Å². The molecule has 2 aromatic rings. The highest BCUT2D eigenvalue weighted by atomic mass is 16.2. The zero-order valence-corrected chi connectivity index (χ0v) is 11.9. The Bertz CT molecular complexity index is 565. The van der Waals surface area contributed by atoms with Gasteiger partial charge in [0.25, 0.3) is 0 Å². The number of aromatic nitrogens is 3. The lowest BCUT2D eigenvalue weighted by Gasteiger charge is -2.14. The highest BCUT2D eigenvalue weighted by Gasteiger charge is 2.14. The van der Waals surface area contributed by atoms with Crippen LogP contribution in [0.5, 0.6) is 0 Å². The van der Waals surface area contributed by atoms with Gasteiger partial charge in [-0.15, -0.1) is 0 Å². The molecule has 0 aliphatic carbocycles. The molecule has 1 amide bonds. The molecule has 0 spiro atoms. The Labute approximate surface area is 118 Å². The van der Waals surface area contributed by atoms with E-state index >= 15 is 0 Å². The highest BCUT2D eigenvalue weighted by Crippen LogP contribution is 2.10. The van der Waals surface area contributed by atoms with E-state index in [-0.39, 0.29) is 11.9 Å². The minimum Gasteiger partial charge on any atom is -0.363 e. The Morgan fingerprint density at radius 2 is 2.25 bits per heavy atom. The first-order valence-corrected chi connectivity index (χ1v) is 6.47. The Hall–Kier alpha value is -2.37. The Balaban J connectivity index is 1.95. The fourth-order valence-electron chi connectivity index (χ4n) is 1.78. The van der Waals surface area contributed by atoms with Crippen LogP contribution in [0.2, 0.25) is 0 Å². The van der Waals surface area contributed by atoms with Crippen LogP contribution in [0.3, 0.4) is 0 Å². The molecule has 2 aromatic heterocycles. The van der Waals surface area contributed by atoms with Crippen LogP contribution in [0.4, 0.5) is 5.82 Å². The van der Waals surface area contributed by atoms with Gasteiger partial charge in [0.05, 0.1) is 0 Å². The summed E-state index contributed by atoms with van der Waals surface area (Å²) in [5, 5.41) is 6.98. The zero-order valence-electron chi connectivity index (χ0n) is 11.9. The number of anilines is 1. The van der Waals surface area contributed by atoms with Gasteiger partial charge in [0.15, 0.2) is 0 Å². The molecule has 0 aliphatic heterocycles. The predicted octanol–water partition coefficient (Wildman–Crippen LogP) is 1.22. The molecule has 0 aliphatic rings. The van der Waals surface area contributed by atoms with Crippen molar-refractivity contribution in [3.8, 4) is 0 Å². The van der Waals surface area contributed by atoms with E-state index in [0.717, 1.165) is 11.4 Å². The van der Waals surface area contributed by atoms with Crippen LogP contribution >= 0.6 is 0 Å². The summed E-state index contributed by atoms with van der Waals surface area (Å²) in [5.41, 5.74) is 1.02. The highest BCUT2D eigenvalue weighted by molar-refractivity contribution is 5.79. The number of hydrogen-bond donors (Lipinski definition) is 1. The minimum absolute atomic E-state index is 0.0584. The normalized spacial score (nSPS) is 11.9. The first kappa shape index (κ1) is 14.0. The van der Waals surface area contributed by atoms with Gasteiger partial charge in [-0.3, -0.25) is 9.48 Å². The fraction of sp³-hybridized carbons (Fsp3) is 0.357. The average molecular weight is 273 g/mol. The second-order valence-electron chi connectivity index (χ2n) is 4.80. The van der Waals surface area contributed by atoms with Crippen LogP contribution in [-0.2, 0) is 11.3 Å². The summed E-state index contributed by atoms with van der Waals surface area (Å²) in [6.07, 6.45) is 5.19.